The maximum Gasteiger partial charge on any atom is 0.411 e. The van der Waals surface area contributed by atoms with Crippen LogP contribution in [0.25, 0.3) is 0 Å². The van der Waals surface area contributed by atoms with Crippen molar-refractivity contribution < 1.29 is 32.2 Å². The number of rotatable bonds is 5. The number of carbonyl (C=O) groups excluding carboxylic acids is 1. The van der Waals surface area contributed by atoms with Gasteiger partial charge in [-0.25, -0.2) is 0 Å². The highest BCUT2D eigenvalue weighted by Gasteiger charge is 2.36. The molecule has 1 heterocycles. The van der Waals surface area contributed by atoms with Crippen LogP contribution in [0.5, 0.6) is 0 Å². The van der Waals surface area contributed by atoms with Gasteiger partial charge in [-0.15, -0.1) is 0 Å². The first-order valence-corrected chi connectivity index (χ1v) is 6.22. The predicted octanol–water partition coefficient (Wildman–Crippen LogP) is 1.22. The Balaban J connectivity index is 2.49. The minimum atomic E-state index is -4.43. The van der Waals surface area contributed by atoms with Gasteiger partial charge in [0.25, 0.3) is 0 Å². The van der Waals surface area contributed by atoms with Gasteiger partial charge in [-0.3, -0.25) is 4.79 Å². The van der Waals surface area contributed by atoms with Gasteiger partial charge in [0.2, 0.25) is 5.91 Å². The van der Waals surface area contributed by atoms with E-state index in [1.807, 2.05) is 13.8 Å². The molecule has 8 heteroatoms. The van der Waals surface area contributed by atoms with E-state index in [1.54, 1.807) is 0 Å². The Morgan fingerprint density at radius 1 is 1.45 bits per heavy atom. The molecule has 0 radical (unpaired) electrons. The van der Waals surface area contributed by atoms with Crippen molar-refractivity contribution in [3.05, 3.63) is 0 Å². The second-order valence-electron chi connectivity index (χ2n) is 5.34. The smallest absolute Gasteiger partial charge is 0.382 e. The van der Waals surface area contributed by atoms with Gasteiger partial charge < -0.3 is 19.1 Å². The van der Waals surface area contributed by atoms with Crippen molar-refractivity contribution >= 4 is 5.91 Å². The average molecular weight is 299 g/mol. The molecule has 1 saturated heterocycles. The van der Waals surface area contributed by atoms with Crippen molar-refractivity contribution in [1.82, 2.24) is 4.90 Å². The van der Waals surface area contributed by atoms with Crippen molar-refractivity contribution in [3.63, 3.8) is 0 Å². The molecule has 118 valence electrons. The number of halogens is 3. The molecule has 5 nitrogen and oxygen atoms in total. The van der Waals surface area contributed by atoms with Crippen LogP contribution < -0.4 is 0 Å². The summed E-state index contributed by atoms with van der Waals surface area (Å²) in [4.78, 5) is 13.3. The molecule has 0 saturated carbocycles. The number of nitrogens with zero attached hydrogens (tertiary/aromatic N) is 1. The Morgan fingerprint density at radius 2 is 2.10 bits per heavy atom. The number of methoxy groups -OCH3 is 1. The number of amides is 1. The van der Waals surface area contributed by atoms with Crippen LogP contribution in [-0.4, -0.2) is 68.7 Å². The highest BCUT2D eigenvalue weighted by atomic mass is 19.4. The lowest BCUT2D eigenvalue weighted by Gasteiger charge is -2.42. The third-order valence-electron chi connectivity index (χ3n) is 2.68. The summed E-state index contributed by atoms with van der Waals surface area (Å²) in [7, 11) is 1.52. The minimum absolute atomic E-state index is 0.283. The first-order valence-electron chi connectivity index (χ1n) is 6.22. The molecular weight excluding hydrogens is 279 g/mol. The van der Waals surface area contributed by atoms with E-state index in [0.717, 1.165) is 0 Å². The molecular formula is C12H20F3NO4. The van der Waals surface area contributed by atoms with Crippen molar-refractivity contribution in [3.8, 4) is 0 Å². The zero-order valence-corrected chi connectivity index (χ0v) is 11.8. The summed E-state index contributed by atoms with van der Waals surface area (Å²) < 4.78 is 50.9. The molecule has 0 aromatic carbocycles. The van der Waals surface area contributed by atoms with Crippen molar-refractivity contribution in [1.29, 1.82) is 0 Å². The molecule has 0 N–H and O–H groups in total. The molecule has 0 aromatic heterocycles. The number of carbonyl (C=O) groups is 1. The van der Waals surface area contributed by atoms with E-state index < -0.39 is 30.9 Å². The lowest BCUT2D eigenvalue weighted by atomic mass is 10.1. The van der Waals surface area contributed by atoms with Crippen LogP contribution in [0.2, 0.25) is 0 Å². The van der Waals surface area contributed by atoms with E-state index in [2.05, 4.69) is 4.74 Å². The average Bonchev–Trinajstić information content (AvgIpc) is 2.25. The second-order valence-corrected chi connectivity index (χ2v) is 5.34. The van der Waals surface area contributed by atoms with Gasteiger partial charge in [-0.05, 0) is 13.8 Å². The van der Waals surface area contributed by atoms with Crippen LogP contribution >= 0.6 is 0 Å². The zero-order chi connectivity index (χ0) is 15.4. The molecule has 0 aromatic rings. The molecule has 1 aliphatic rings. The van der Waals surface area contributed by atoms with E-state index in [9.17, 15) is 18.0 Å². The van der Waals surface area contributed by atoms with Gasteiger partial charge in [0, 0.05) is 20.2 Å². The van der Waals surface area contributed by atoms with Crippen LogP contribution in [0.3, 0.4) is 0 Å². The Kier molecular flexibility index (Phi) is 5.79. The van der Waals surface area contributed by atoms with E-state index >= 15 is 0 Å². The first-order chi connectivity index (χ1) is 9.13. The lowest BCUT2D eigenvalue weighted by Crippen LogP contribution is -2.56. The lowest BCUT2D eigenvalue weighted by molar-refractivity contribution is -0.186. The van der Waals surface area contributed by atoms with Crippen molar-refractivity contribution in [2.24, 2.45) is 0 Å². The number of hydrogen-bond donors (Lipinski definition) is 0. The van der Waals surface area contributed by atoms with E-state index in [4.69, 9.17) is 9.47 Å². The topological polar surface area (TPSA) is 48.0 Å². The summed E-state index contributed by atoms with van der Waals surface area (Å²) in [5, 5.41) is 0. The Labute approximate surface area is 116 Å². The summed E-state index contributed by atoms with van der Waals surface area (Å²) in [6, 6.07) is 0. The fourth-order valence-electron chi connectivity index (χ4n) is 2.10. The molecule has 0 aliphatic carbocycles. The Morgan fingerprint density at radius 3 is 2.65 bits per heavy atom. The predicted molar refractivity (Wildman–Crippen MR) is 64.3 cm³/mol. The highest BCUT2D eigenvalue weighted by molar-refractivity contribution is 5.77. The minimum Gasteiger partial charge on any atom is -0.382 e. The summed E-state index contributed by atoms with van der Waals surface area (Å²) in [6.45, 7) is 2.52. The number of alkyl halides is 3. The molecule has 1 aliphatic heterocycles. The van der Waals surface area contributed by atoms with Gasteiger partial charge in [-0.1, -0.05) is 0 Å². The fourth-order valence-corrected chi connectivity index (χ4v) is 2.10. The summed E-state index contributed by atoms with van der Waals surface area (Å²) >= 11 is 0. The standard InChI is InChI=1S/C12H20F3NO4/c1-11(2)7-16(4-9(20-11)5-18-3)10(17)6-19-8-12(13,14)15/h9H,4-8H2,1-3H3. The van der Waals surface area contributed by atoms with Crippen LogP contribution in [0, 0.1) is 0 Å². The third kappa shape index (κ3) is 6.06. The van der Waals surface area contributed by atoms with Crippen LogP contribution in [0.15, 0.2) is 0 Å². The monoisotopic (exact) mass is 299 g/mol. The molecule has 0 spiro atoms. The third-order valence-corrected chi connectivity index (χ3v) is 2.68. The first kappa shape index (κ1) is 17.2. The van der Waals surface area contributed by atoms with Crippen molar-refractivity contribution in [2.45, 2.75) is 31.7 Å². The quantitative estimate of drug-likeness (QED) is 0.766. The zero-order valence-electron chi connectivity index (χ0n) is 11.8. The largest absolute Gasteiger partial charge is 0.411 e. The molecule has 1 fully saturated rings. The maximum atomic E-state index is 11.9. The highest BCUT2D eigenvalue weighted by Crippen LogP contribution is 2.21. The van der Waals surface area contributed by atoms with E-state index in [1.165, 1.54) is 12.0 Å². The number of ether oxygens (including phenoxy) is 3. The van der Waals surface area contributed by atoms with Crippen LogP contribution in [0.1, 0.15) is 13.8 Å². The second kappa shape index (κ2) is 6.73. The summed E-state index contributed by atoms with van der Waals surface area (Å²) in [5.74, 6) is -0.480. The Bertz CT molecular complexity index is 333. The maximum absolute atomic E-state index is 11.9. The van der Waals surface area contributed by atoms with Gasteiger partial charge in [0.1, 0.15) is 13.2 Å². The Hall–Kier alpha value is -0.860. The van der Waals surface area contributed by atoms with Gasteiger partial charge >= 0.3 is 6.18 Å². The van der Waals surface area contributed by atoms with E-state index in [-0.39, 0.29) is 12.6 Å². The van der Waals surface area contributed by atoms with Gasteiger partial charge in [0.05, 0.1) is 18.3 Å². The molecule has 1 rings (SSSR count). The van der Waals surface area contributed by atoms with E-state index in [0.29, 0.717) is 13.2 Å². The number of hydrogen-bond acceptors (Lipinski definition) is 4. The normalized spacial score (nSPS) is 22.9. The molecule has 20 heavy (non-hydrogen) atoms. The van der Waals surface area contributed by atoms with Crippen LogP contribution in [0.4, 0.5) is 13.2 Å². The SMILES string of the molecule is COCC1CN(C(=O)COCC(F)(F)F)CC(C)(C)O1. The van der Waals surface area contributed by atoms with Crippen LogP contribution in [-0.2, 0) is 19.0 Å². The summed E-state index contributed by atoms with van der Waals surface area (Å²) in [5.41, 5.74) is -0.568. The van der Waals surface area contributed by atoms with Gasteiger partial charge in [0.15, 0.2) is 0 Å². The fraction of sp³-hybridized carbons (Fsp3) is 0.917. The molecule has 0 bridgehead atoms. The molecule has 1 atom stereocenters. The summed E-state index contributed by atoms with van der Waals surface area (Å²) in [6.07, 6.45) is -4.72. The number of morpholine rings is 1. The van der Waals surface area contributed by atoms with Gasteiger partial charge in [-0.2, -0.15) is 13.2 Å². The van der Waals surface area contributed by atoms with Crippen molar-refractivity contribution in [2.75, 3.05) is 40.0 Å². The molecule has 1 amide bonds. The molecule has 1 unspecified atom stereocenters.